The average Bonchev–Trinajstić information content (AvgIpc) is 2.62. The summed E-state index contributed by atoms with van der Waals surface area (Å²) >= 11 is 11.6. The third-order valence-corrected chi connectivity index (χ3v) is 3.78. The van der Waals surface area contributed by atoms with E-state index in [1.165, 1.54) is 0 Å². The van der Waals surface area contributed by atoms with E-state index in [-0.39, 0.29) is 0 Å². The van der Waals surface area contributed by atoms with Crippen LogP contribution in [0, 0.1) is 5.92 Å². The fourth-order valence-corrected chi connectivity index (χ4v) is 2.61. The molecule has 0 amide bonds. The molecular formula is C20H24ClN3O2S. The second-order valence-corrected chi connectivity index (χ2v) is 6.97. The van der Waals surface area contributed by atoms with E-state index in [2.05, 4.69) is 29.7 Å². The van der Waals surface area contributed by atoms with Crippen LogP contribution in [0.25, 0.3) is 0 Å². The van der Waals surface area contributed by atoms with E-state index in [1.54, 1.807) is 12.3 Å². The number of para-hydroxylation sites is 1. The van der Waals surface area contributed by atoms with Gasteiger partial charge in [0, 0.05) is 5.69 Å². The zero-order valence-corrected chi connectivity index (χ0v) is 17.2. The van der Waals surface area contributed by atoms with E-state index in [0.717, 1.165) is 11.3 Å². The van der Waals surface area contributed by atoms with Crippen LogP contribution in [0.3, 0.4) is 0 Å². The number of rotatable bonds is 8. The maximum absolute atomic E-state index is 6.38. The predicted molar refractivity (Wildman–Crippen MR) is 116 cm³/mol. The van der Waals surface area contributed by atoms with E-state index >= 15 is 0 Å². The number of nitrogens with one attached hydrogen (secondary N) is 2. The molecule has 5 nitrogen and oxygen atoms in total. The van der Waals surface area contributed by atoms with Crippen molar-refractivity contribution in [2.75, 3.05) is 18.5 Å². The highest BCUT2D eigenvalue weighted by molar-refractivity contribution is 7.80. The van der Waals surface area contributed by atoms with Gasteiger partial charge in [-0.2, -0.15) is 5.10 Å². The fraction of sp³-hybridized carbons (Fsp3) is 0.300. The molecule has 0 saturated heterocycles. The Morgan fingerprint density at radius 2 is 1.96 bits per heavy atom. The van der Waals surface area contributed by atoms with Gasteiger partial charge in [-0.15, -0.1) is 0 Å². The van der Waals surface area contributed by atoms with Crippen LogP contribution in [0.2, 0.25) is 5.02 Å². The molecule has 0 fully saturated rings. The minimum atomic E-state index is 0.388. The first-order chi connectivity index (χ1) is 13.0. The molecular weight excluding hydrogens is 382 g/mol. The van der Waals surface area contributed by atoms with Crippen LogP contribution in [0.4, 0.5) is 5.69 Å². The second kappa shape index (κ2) is 10.7. The zero-order chi connectivity index (χ0) is 19.6. The molecule has 7 heteroatoms. The largest absolute Gasteiger partial charge is 0.490 e. The van der Waals surface area contributed by atoms with Crippen molar-refractivity contribution in [1.82, 2.24) is 5.43 Å². The molecule has 0 aliphatic heterocycles. The van der Waals surface area contributed by atoms with Gasteiger partial charge in [-0.05, 0) is 54.9 Å². The smallest absolute Gasteiger partial charge is 0.191 e. The fourth-order valence-electron chi connectivity index (χ4n) is 2.16. The van der Waals surface area contributed by atoms with Crippen LogP contribution in [-0.2, 0) is 0 Å². The van der Waals surface area contributed by atoms with Crippen LogP contribution in [0.1, 0.15) is 26.3 Å². The van der Waals surface area contributed by atoms with Crippen molar-refractivity contribution in [2.24, 2.45) is 11.0 Å². The van der Waals surface area contributed by atoms with Gasteiger partial charge in [0.2, 0.25) is 0 Å². The van der Waals surface area contributed by atoms with E-state index in [1.807, 2.05) is 43.3 Å². The van der Waals surface area contributed by atoms with Crippen LogP contribution in [-0.4, -0.2) is 24.5 Å². The third kappa shape index (κ3) is 7.07. The Balaban J connectivity index is 2.04. The van der Waals surface area contributed by atoms with Crippen LogP contribution >= 0.6 is 23.8 Å². The first kappa shape index (κ1) is 21.0. The van der Waals surface area contributed by atoms with E-state index in [0.29, 0.717) is 40.8 Å². The summed E-state index contributed by atoms with van der Waals surface area (Å²) in [5, 5.41) is 8.07. The van der Waals surface area contributed by atoms with Crippen LogP contribution < -0.4 is 20.2 Å². The van der Waals surface area contributed by atoms with Crippen molar-refractivity contribution in [3.05, 3.63) is 53.1 Å². The van der Waals surface area contributed by atoms with E-state index in [4.69, 9.17) is 33.3 Å². The Morgan fingerprint density at radius 1 is 1.22 bits per heavy atom. The van der Waals surface area contributed by atoms with Crippen LogP contribution in [0.5, 0.6) is 11.5 Å². The number of anilines is 1. The van der Waals surface area contributed by atoms with Gasteiger partial charge in [0.25, 0.3) is 0 Å². The summed E-state index contributed by atoms with van der Waals surface area (Å²) in [6.45, 7) is 7.14. The van der Waals surface area contributed by atoms with Crippen molar-refractivity contribution in [3.8, 4) is 11.5 Å². The molecule has 0 heterocycles. The summed E-state index contributed by atoms with van der Waals surface area (Å²) in [6.07, 6.45) is 1.62. The molecule has 0 saturated carbocycles. The molecule has 0 bridgehead atoms. The van der Waals surface area contributed by atoms with E-state index in [9.17, 15) is 0 Å². The minimum absolute atomic E-state index is 0.388. The summed E-state index contributed by atoms with van der Waals surface area (Å²) < 4.78 is 11.5. The lowest BCUT2D eigenvalue weighted by Gasteiger charge is -2.15. The third-order valence-electron chi connectivity index (χ3n) is 3.30. The lowest BCUT2D eigenvalue weighted by atomic mass is 10.2. The summed E-state index contributed by atoms with van der Waals surface area (Å²) in [4.78, 5) is 0. The maximum atomic E-state index is 6.38. The molecule has 0 aromatic heterocycles. The summed E-state index contributed by atoms with van der Waals surface area (Å²) in [5.41, 5.74) is 4.44. The van der Waals surface area contributed by atoms with Gasteiger partial charge in [0.1, 0.15) is 0 Å². The first-order valence-corrected chi connectivity index (χ1v) is 9.52. The highest BCUT2D eigenvalue weighted by Crippen LogP contribution is 2.36. The maximum Gasteiger partial charge on any atom is 0.191 e. The monoisotopic (exact) mass is 405 g/mol. The summed E-state index contributed by atoms with van der Waals surface area (Å²) in [5.74, 6) is 1.54. The minimum Gasteiger partial charge on any atom is -0.490 e. The van der Waals surface area contributed by atoms with E-state index < -0.39 is 0 Å². The molecule has 2 N–H and O–H groups in total. The van der Waals surface area contributed by atoms with Gasteiger partial charge in [-0.1, -0.05) is 43.6 Å². The Morgan fingerprint density at radius 3 is 2.63 bits per heavy atom. The lowest BCUT2D eigenvalue weighted by Crippen LogP contribution is -2.23. The highest BCUT2D eigenvalue weighted by Gasteiger charge is 2.13. The Bertz CT molecular complexity index is 782. The van der Waals surface area contributed by atoms with Gasteiger partial charge in [-0.3, -0.25) is 5.43 Å². The van der Waals surface area contributed by atoms with Crippen molar-refractivity contribution >= 4 is 40.8 Å². The predicted octanol–water partition coefficient (Wildman–Crippen LogP) is 5.09. The van der Waals surface area contributed by atoms with Crippen molar-refractivity contribution in [3.63, 3.8) is 0 Å². The number of hydrazone groups is 1. The quantitative estimate of drug-likeness (QED) is 0.364. The molecule has 0 atom stereocenters. The topological polar surface area (TPSA) is 54.9 Å². The van der Waals surface area contributed by atoms with Gasteiger partial charge in [0.15, 0.2) is 16.6 Å². The number of halogens is 1. The standard InChI is InChI=1S/C20H24ClN3O2S/c1-4-25-18-11-15(10-17(21)19(18)26-13-14(2)3)12-22-24-20(27)23-16-8-6-5-7-9-16/h5-12,14H,4,13H2,1-3H3,(H2,23,24,27)/b22-12+. The lowest BCUT2D eigenvalue weighted by molar-refractivity contribution is 0.248. The van der Waals surface area contributed by atoms with Crippen molar-refractivity contribution in [2.45, 2.75) is 20.8 Å². The second-order valence-electron chi connectivity index (χ2n) is 6.16. The molecule has 0 spiro atoms. The number of ether oxygens (including phenoxy) is 2. The zero-order valence-electron chi connectivity index (χ0n) is 15.7. The number of nitrogens with zero attached hydrogens (tertiary/aromatic N) is 1. The molecule has 27 heavy (non-hydrogen) atoms. The summed E-state index contributed by atoms with van der Waals surface area (Å²) in [7, 11) is 0. The van der Waals surface area contributed by atoms with Crippen molar-refractivity contribution < 1.29 is 9.47 Å². The number of thiocarbonyl (C=S) groups is 1. The molecule has 0 aliphatic rings. The number of hydrogen-bond acceptors (Lipinski definition) is 4. The van der Waals surface area contributed by atoms with Gasteiger partial charge in [0.05, 0.1) is 24.5 Å². The van der Waals surface area contributed by atoms with Crippen molar-refractivity contribution in [1.29, 1.82) is 0 Å². The Labute approximate surface area is 170 Å². The first-order valence-electron chi connectivity index (χ1n) is 8.73. The Hall–Kier alpha value is -2.31. The van der Waals surface area contributed by atoms with Gasteiger partial charge < -0.3 is 14.8 Å². The summed E-state index contributed by atoms with van der Waals surface area (Å²) in [6, 6.07) is 13.2. The molecule has 0 unspecified atom stereocenters. The molecule has 2 aromatic rings. The SMILES string of the molecule is CCOc1cc(/C=N/NC(=S)Nc2ccccc2)cc(Cl)c1OCC(C)C. The average molecular weight is 406 g/mol. The Kier molecular flexibility index (Phi) is 8.36. The molecule has 2 rings (SSSR count). The highest BCUT2D eigenvalue weighted by atomic mass is 35.5. The molecule has 0 radical (unpaired) electrons. The molecule has 144 valence electrons. The number of benzene rings is 2. The van der Waals surface area contributed by atoms with Crippen LogP contribution in [0.15, 0.2) is 47.6 Å². The number of hydrogen-bond donors (Lipinski definition) is 2. The normalized spacial score (nSPS) is 10.9. The molecule has 0 aliphatic carbocycles. The van der Waals surface area contributed by atoms with Gasteiger partial charge in [-0.25, -0.2) is 0 Å². The van der Waals surface area contributed by atoms with Gasteiger partial charge >= 0.3 is 0 Å². The molecule has 2 aromatic carbocycles.